The number of rotatable bonds is 3. The molecule has 22 heavy (non-hydrogen) atoms. The molecular formula is C18H23N3O. The van der Waals surface area contributed by atoms with Gasteiger partial charge in [0.05, 0.1) is 12.1 Å². The molecule has 4 nitrogen and oxygen atoms in total. The predicted molar refractivity (Wildman–Crippen MR) is 90.1 cm³/mol. The van der Waals surface area contributed by atoms with Gasteiger partial charge in [0.2, 0.25) is 5.91 Å². The fourth-order valence-corrected chi connectivity index (χ4v) is 3.05. The van der Waals surface area contributed by atoms with Gasteiger partial charge in [-0.2, -0.15) is 0 Å². The molecule has 1 saturated heterocycles. The van der Waals surface area contributed by atoms with Crippen molar-refractivity contribution < 1.29 is 4.79 Å². The van der Waals surface area contributed by atoms with Gasteiger partial charge in [-0.25, -0.2) is 4.98 Å². The summed E-state index contributed by atoms with van der Waals surface area (Å²) in [6.07, 6.45) is 0. The van der Waals surface area contributed by atoms with Crippen LogP contribution in [-0.2, 0) is 4.79 Å². The first-order chi connectivity index (χ1) is 10.5. The molecule has 116 valence electrons. The van der Waals surface area contributed by atoms with Crippen molar-refractivity contribution in [3.63, 3.8) is 0 Å². The third-order valence-corrected chi connectivity index (χ3v) is 4.09. The maximum absolute atomic E-state index is 12.3. The zero-order valence-electron chi connectivity index (χ0n) is 13.5. The molecule has 4 heteroatoms. The number of aryl methyl sites for hydroxylation is 1. The van der Waals surface area contributed by atoms with Crippen molar-refractivity contribution in [2.45, 2.75) is 20.8 Å². The number of nitrogens with zero attached hydrogens (tertiary/aromatic N) is 3. The van der Waals surface area contributed by atoms with Gasteiger partial charge in [-0.3, -0.25) is 4.79 Å². The summed E-state index contributed by atoms with van der Waals surface area (Å²) >= 11 is 0. The number of amides is 1. The van der Waals surface area contributed by atoms with Crippen LogP contribution in [0.5, 0.6) is 0 Å². The molecule has 2 heterocycles. The van der Waals surface area contributed by atoms with E-state index in [1.807, 2.05) is 23.1 Å². The van der Waals surface area contributed by atoms with Crippen LogP contribution >= 0.6 is 0 Å². The molecule has 1 aliphatic rings. The normalized spacial score (nSPS) is 15.9. The number of carbonyl (C=O) groups excluding carboxylic acids is 1. The summed E-state index contributed by atoms with van der Waals surface area (Å²) < 4.78 is 0. The van der Waals surface area contributed by atoms with Crippen molar-refractivity contribution in [2.24, 2.45) is 5.92 Å². The van der Waals surface area contributed by atoms with E-state index in [0.717, 1.165) is 41.9 Å². The zero-order chi connectivity index (χ0) is 15.7. The van der Waals surface area contributed by atoms with Gasteiger partial charge in [-0.15, -0.1) is 0 Å². The van der Waals surface area contributed by atoms with Crippen molar-refractivity contribution in [3.05, 3.63) is 35.9 Å². The van der Waals surface area contributed by atoms with Crippen LogP contribution in [-0.4, -0.2) is 42.0 Å². The minimum atomic E-state index is 0.203. The van der Waals surface area contributed by atoms with Crippen molar-refractivity contribution >= 4 is 22.6 Å². The molecular weight excluding hydrogens is 274 g/mol. The van der Waals surface area contributed by atoms with Crippen LogP contribution in [0.1, 0.15) is 19.4 Å². The molecule has 3 rings (SSSR count). The Morgan fingerprint density at radius 3 is 2.73 bits per heavy atom. The molecule has 0 bridgehead atoms. The van der Waals surface area contributed by atoms with E-state index in [-0.39, 0.29) is 5.91 Å². The Balaban J connectivity index is 1.83. The minimum Gasteiger partial charge on any atom is -0.345 e. The molecule has 0 spiro atoms. The van der Waals surface area contributed by atoms with Gasteiger partial charge in [0.15, 0.2) is 0 Å². The number of pyridine rings is 1. The third-order valence-electron chi connectivity index (χ3n) is 4.09. The van der Waals surface area contributed by atoms with E-state index in [9.17, 15) is 4.79 Å². The van der Waals surface area contributed by atoms with Crippen LogP contribution in [0.4, 0.5) is 5.82 Å². The molecule has 2 aromatic rings. The number of hydrogen-bond donors (Lipinski definition) is 0. The second kappa shape index (κ2) is 5.95. The topological polar surface area (TPSA) is 36.4 Å². The Morgan fingerprint density at radius 1 is 1.23 bits per heavy atom. The maximum atomic E-state index is 12.3. The van der Waals surface area contributed by atoms with Crippen molar-refractivity contribution in [2.75, 3.05) is 31.1 Å². The molecule has 0 aliphatic carbocycles. The first-order valence-corrected chi connectivity index (χ1v) is 7.93. The number of carbonyl (C=O) groups is 1. The number of piperazine rings is 1. The van der Waals surface area contributed by atoms with Gasteiger partial charge in [-0.05, 0) is 30.5 Å². The minimum absolute atomic E-state index is 0.203. The van der Waals surface area contributed by atoms with E-state index in [1.165, 1.54) is 0 Å². The SMILES string of the molecule is Cc1cc2ccccc2nc1N1CCN(CC(C)C)C(=O)C1. The Bertz CT molecular complexity index is 696. The fraction of sp³-hybridized carbons (Fsp3) is 0.444. The molecule has 1 aromatic heterocycles. The molecule has 0 N–H and O–H groups in total. The molecule has 1 aliphatic heterocycles. The summed E-state index contributed by atoms with van der Waals surface area (Å²) in [6, 6.07) is 10.3. The number of fused-ring (bicyclic) bond motifs is 1. The highest BCUT2D eigenvalue weighted by atomic mass is 16.2. The Labute approximate surface area is 131 Å². The van der Waals surface area contributed by atoms with E-state index in [0.29, 0.717) is 12.5 Å². The summed E-state index contributed by atoms with van der Waals surface area (Å²) in [4.78, 5) is 21.2. The summed E-state index contributed by atoms with van der Waals surface area (Å²) in [7, 11) is 0. The van der Waals surface area contributed by atoms with Gasteiger partial charge in [0.1, 0.15) is 5.82 Å². The number of aromatic nitrogens is 1. The standard InChI is InChI=1S/C18H23N3O/c1-13(2)11-20-8-9-21(12-17(20)22)18-14(3)10-15-6-4-5-7-16(15)19-18/h4-7,10,13H,8-9,11-12H2,1-3H3. The Morgan fingerprint density at radius 2 is 2.00 bits per heavy atom. The van der Waals surface area contributed by atoms with E-state index in [1.54, 1.807) is 0 Å². The summed E-state index contributed by atoms with van der Waals surface area (Å²) in [5.74, 6) is 1.65. The second-order valence-electron chi connectivity index (χ2n) is 6.48. The first kappa shape index (κ1) is 14.8. The van der Waals surface area contributed by atoms with Crippen LogP contribution < -0.4 is 4.90 Å². The van der Waals surface area contributed by atoms with Gasteiger partial charge < -0.3 is 9.80 Å². The summed E-state index contributed by atoms with van der Waals surface area (Å²) in [5.41, 5.74) is 2.11. The van der Waals surface area contributed by atoms with E-state index in [2.05, 4.69) is 37.8 Å². The van der Waals surface area contributed by atoms with Gasteiger partial charge in [-0.1, -0.05) is 32.0 Å². The Kier molecular flexibility index (Phi) is 4.01. The molecule has 0 radical (unpaired) electrons. The monoisotopic (exact) mass is 297 g/mol. The lowest BCUT2D eigenvalue weighted by Gasteiger charge is -2.36. The number of anilines is 1. The molecule has 0 saturated carbocycles. The van der Waals surface area contributed by atoms with Crippen LogP contribution in [0.25, 0.3) is 10.9 Å². The number of para-hydroxylation sites is 1. The zero-order valence-corrected chi connectivity index (χ0v) is 13.5. The fourth-order valence-electron chi connectivity index (χ4n) is 3.05. The second-order valence-corrected chi connectivity index (χ2v) is 6.48. The average molecular weight is 297 g/mol. The van der Waals surface area contributed by atoms with E-state index < -0.39 is 0 Å². The van der Waals surface area contributed by atoms with E-state index in [4.69, 9.17) is 4.98 Å². The molecule has 1 fully saturated rings. The molecule has 1 aromatic carbocycles. The number of benzene rings is 1. The summed E-state index contributed by atoms with van der Waals surface area (Å²) in [6.45, 7) is 9.27. The maximum Gasteiger partial charge on any atom is 0.242 e. The lowest BCUT2D eigenvalue weighted by molar-refractivity contribution is -0.131. The van der Waals surface area contributed by atoms with Crippen LogP contribution in [0, 0.1) is 12.8 Å². The molecule has 0 unspecified atom stereocenters. The smallest absolute Gasteiger partial charge is 0.242 e. The highest BCUT2D eigenvalue weighted by Gasteiger charge is 2.26. The van der Waals surface area contributed by atoms with Gasteiger partial charge >= 0.3 is 0 Å². The summed E-state index contributed by atoms with van der Waals surface area (Å²) in [5, 5.41) is 1.15. The van der Waals surface area contributed by atoms with Crippen LogP contribution in [0.2, 0.25) is 0 Å². The van der Waals surface area contributed by atoms with Gasteiger partial charge in [0.25, 0.3) is 0 Å². The third kappa shape index (κ3) is 2.91. The molecule has 0 atom stereocenters. The van der Waals surface area contributed by atoms with Gasteiger partial charge in [0, 0.05) is 25.0 Å². The molecule has 1 amide bonds. The predicted octanol–water partition coefficient (Wildman–Crippen LogP) is 2.85. The Hall–Kier alpha value is -2.10. The lowest BCUT2D eigenvalue weighted by atomic mass is 10.1. The van der Waals surface area contributed by atoms with E-state index >= 15 is 0 Å². The van der Waals surface area contributed by atoms with Crippen molar-refractivity contribution in [1.82, 2.24) is 9.88 Å². The van der Waals surface area contributed by atoms with Crippen molar-refractivity contribution in [3.8, 4) is 0 Å². The lowest BCUT2D eigenvalue weighted by Crippen LogP contribution is -2.51. The number of hydrogen-bond acceptors (Lipinski definition) is 3. The highest BCUT2D eigenvalue weighted by molar-refractivity contribution is 5.85. The quantitative estimate of drug-likeness (QED) is 0.874. The average Bonchev–Trinajstić information content (AvgIpc) is 2.48. The highest BCUT2D eigenvalue weighted by Crippen LogP contribution is 2.24. The first-order valence-electron chi connectivity index (χ1n) is 7.93. The van der Waals surface area contributed by atoms with Crippen LogP contribution in [0.15, 0.2) is 30.3 Å². The van der Waals surface area contributed by atoms with Crippen LogP contribution in [0.3, 0.4) is 0 Å². The largest absolute Gasteiger partial charge is 0.345 e. The van der Waals surface area contributed by atoms with Crippen molar-refractivity contribution in [1.29, 1.82) is 0 Å².